The summed E-state index contributed by atoms with van der Waals surface area (Å²) in [6, 6.07) is 14.3. The molecule has 7 heterocycles. The van der Waals surface area contributed by atoms with Crippen molar-refractivity contribution in [2.75, 3.05) is 56.2 Å². The van der Waals surface area contributed by atoms with E-state index in [9.17, 15) is 14.0 Å². The van der Waals surface area contributed by atoms with Gasteiger partial charge in [0.2, 0.25) is 5.91 Å². The molecule has 260 valence electrons. The molecule has 0 radical (unpaired) electrons. The SMILES string of the molecule is C=C(CN1CC(F)C1)C(=O)N[C@@H]1CCCN(Cc2ccnc(C(=O)Nc3ccc(-c4cc5c(N6C7CCC6COC7)ncnc5[nH]4)cc3)c2)C1. The van der Waals surface area contributed by atoms with Crippen LogP contribution >= 0.6 is 0 Å². The van der Waals surface area contributed by atoms with Gasteiger partial charge < -0.3 is 25.3 Å². The summed E-state index contributed by atoms with van der Waals surface area (Å²) in [7, 11) is 0. The lowest BCUT2D eigenvalue weighted by atomic mass is 10.0. The third kappa shape index (κ3) is 6.85. The molecule has 4 aromatic rings. The second-order valence-electron chi connectivity index (χ2n) is 14.0. The molecule has 50 heavy (non-hydrogen) atoms. The molecule has 3 atom stereocenters. The number of hydrogen-bond acceptors (Lipinski definition) is 9. The van der Waals surface area contributed by atoms with E-state index in [0.717, 1.165) is 79.1 Å². The van der Waals surface area contributed by atoms with Gasteiger partial charge in [-0.3, -0.25) is 24.4 Å². The van der Waals surface area contributed by atoms with E-state index in [1.807, 2.05) is 41.3 Å². The van der Waals surface area contributed by atoms with Crippen molar-refractivity contribution in [1.29, 1.82) is 0 Å². The summed E-state index contributed by atoms with van der Waals surface area (Å²) in [5, 5.41) is 7.08. The number of likely N-dealkylation sites (tertiary alicyclic amines) is 2. The first-order chi connectivity index (χ1) is 24.4. The van der Waals surface area contributed by atoms with Crippen LogP contribution in [0.2, 0.25) is 0 Å². The number of anilines is 2. The van der Waals surface area contributed by atoms with Crippen molar-refractivity contribution in [3.05, 3.63) is 78.4 Å². The van der Waals surface area contributed by atoms with E-state index in [2.05, 4.69) is 53.0 Å². The Morgan fingerprint density at radius 1 is 0.980 bits per heavy atom. The number of rotatable bonds is 10. The fourth-order valence-corrected chi connectivity index (χ4v) is 7.73. The van der Waals surface area contributed by atoms with Crippen LogP contribution < -0.4 is 15.5 Å². The minimum absolute atomic E-state index is 0.00472. The zero-order chi connectivity index (χ0) is 34.2. The molecule has 4 aliphatic rings. The third-order valence-corrected chi connectivity index (χ3v) is 10.3. The molecular formula is C37H42FN9O3. The van der Waals surface area contributed by atoms with Gasteiger partial charge in [0.15, 0.2) is 0 Å². The smallest absolute Gasteiger partial charge is 0.274 e. The first-order valence-corrected chi connectivity index (χ1v) is 17.5. The van der Waals surface area contributed by atoms with Gasteiger partial charge in [-0.15, -0.1) is 0 Å². The molecule has 1 aromatic carbocycles. The molecular weight excluding hydrogens is 637 g/mol. The molecule has 8 rings (SSSR count). The molecule has 3 N–H and O–H groups in total. The van der Waals surface area contributed by atoms with Gasteiger partial charge >= 0.3 is 0 Å². The molecule has 2 amide bonds. The second kappa shape index (κ2) is 13.9. The Morgan fingerprint density at radius 3 is 2.56 bits per heavy atom. The number of amides is 2. The monoisotopic (exact) mass is 679 g/mol. The predicted molar refractivity (Wildman–Crippen MR) is 189 cm³/mol. The summed E-state index contributed by atoms with van der Waals surface area (Å²) in [6.07, 6.45) is 6.54. The van der Waals surface area contributed by atoms with Gasteiger partial charge in [0.1, 0.15) is 29.7 Å². The maximum Gasteiger partial charge on any atom is 0.274 e. The largest absolute Gasteiger partial charge is 0.377 e. The maximum atomic E-state index is 13.2. The van der Waals surface area contributed by atoms with E-state index in [1.165, 1.54) is 0 Å². The number of benzene rings is 1. The first-order valence-electron chi connectivity index (χ1n) is 17.5. The van der Waals surface area contributed by atoms with Crippen LogP contribution in [0.5, 0.6) is 0 Å². The Kier molecular flexibility index (Phi) is 9.02. The maximum absolute atomic E-state index is 13.2. The van der Waals surface area contributed by atoms with Crippen LogP contribution in [-0.4, -0.2) is 112 Å². The molecule has 0 aliphatic carbocycles. The fraction of sp³-hybridized carbons (Fsp3) is 0.432. The van der Waals surface area contributed by atoms with Crippen LogP contribution in [0.4, 0.5) is 15.9 Å². The number of hydrogen-bond donors (Lipinski definition) is 3. The minimum Gasteiger partial charge on any atom is -0.377 e. The van der Waals surface area contributed by atoms with Crippen molar-refractivity contribution < 1.29 is 18.7 Å². The molecule has 4 aliphatic heterocycles. The van der Waals surface area contributed by atoms with E-state index in [-0.39, 0.29) is 17.9 Å². The van der Waals surface area contributed by atoms with E-state index >= 15 is 0 Å². The zero-order valence-electron chi connectivity index (χ0n) is 28.0. The number of alkyl halides is 1. The highest BCUT2D eigenvalue weighted by Gasteiger charge is 2.39. The van der Waals surface area contributed by atoms with Crippen LogP contribution in [-0.2, 0) is 16.1 Å². The number of nitrogens with zero attached hydrogens (tertiary/aromatic N) is 6. The summed E-state index contributed by atoms with van der Waals surface area (Å²) in [4.78, 5) is 49.5. The Hall–Kier alpha value is -4.72. The number of halogens is 1. The normalized spacial score (nSPS) is 22.7. The van der Waals surface area contributed by atoms with Gasteiger partial charge in [0.25, 0.3) is 5.91 Å². The Labute approximate surface area is 290 Å². The van der Waals surface area contributed by atoms with E-state index in [4.69, 9.17) is 4.74 Å². The van der Waals surface area contributed by atoms with Crippen LogP contribution in [0.15, 0.2) is 67.1 Å². The molecule has 2 bridgehead atoms. The van der Waals surface area contributed by atoms with Gasteiger partial charge in [-0.2, -0.15) is 0 Å². The van der Waals surface area contributed by atoms with Gasteiger partial charge in [-0.1, -0.05) is 18.7 Å². The number of nitrogens with one attached hydrogen (secondary N) is 3. The standard InChI is InChI=1S/C37H42FN9O3/c1-23(15-46-17-26(38)18-46)36(48)43-28-3-2-12-45(19-28)16-24-10-11-39-33(13-24)37(49)42-27-6-4-25(5-7-27)32-14-31-34(44-32)40-22-41-35(31)47-29-8-9-30(47)21-50-20-29/h4-7,10-11,13-14,22,26,28-30H,1-3,8-9,12,15-21H2,(H,42,49)(H,43,48)(H,40,41,44)/t28-,29?,30?/m1/s1. The molecule has 3 aromatic heterocycles. The highest BCUT2D eigenvalue weighted by atomic mass is 19.1. The zero-order valence-corrected chi connectivity index (χ0v) is 28.0. The number of ether oxygens (including phenoxy) is 1. The number of carbonyl (C=O) groups is 2. The third-order valence-electron chi connectivity index (χ3n) is 10.3. The molecule has 2 unspecified atom stereocenters. The van der Waals surface area contributed by atoms with Crippen LogP contribution in [0.25, 0.3) is 22.3 Å². The number of piperidine rings is 1. The summed E-state index contributed by atoms with van der Waals surface area (Å²) in [6.45, 7) is 8.73. The predicted octanol–water partition coefficient (Wildman–Crippen LogP) is 3.93. The number of morpholine rings is 1. The van der Waals surface area contributed by atoms with Gasteiger partial charge in [-0.05, 0) is 73.7 Å². The average molecular weight is 680 g/mol. The van der Waals surface area contributed by atoms with E-state index in [0.29, 0.717) is 61.8 Å². The number of carbonyl (C=O) groups excluding carboxylic acids is 2. The van der Waals surface area contributed by atoms with Crippen molar-refractivity contribution in [2.45, 2.75) is 56.5 Å². The van der Waals surface area contributed by atoms with Crippen molar-refractivity contribution in [1.82, 2.24) is 35.1 Å². The van der Waals surface area contributed by atoms with Gasteiger partial charge in [0.05, 0.1) is 30.7 Å². The van der Waals surface area contributed by atoms with Crippen molar-refractivity contribution >= 4 is 34.4 Å². The number of aromatic amines is 1. The number of H-pyrrole nitrogens is 1. The topological polar surface area (TPSA) is 132 Å². The molecule has 0 saturated carbocycles. The first kappa shape index (κ1) is 32.5. The quantitative estimate of drug-likeness (QED) is 0.214. The Bertz CT molecular complexity index is 1880. The molecule has 4 fully saturated rings. The number of aromatic nitrogens is 4. The van der Waals surface area contributed by atoms with Crippen LogP contribution in [0.1, 0.15) is 41.7 Å². The highest BCUT2D eigenvalue weighted by molar-refractivity contribution is 6.03. The Morgan fingerprint density at radius 2 is 1.78 bits per heavy atom. The number of pyridine rings is 1. The summed E-state index contributed by atoms with van der Waals surface area (Å²) in [5.74, 6) is 0.501. The van der Waals surface area contributed by atoms with Crippen molar-refractivity contribution in [3.8, 4) is 11.3 Å². The summed E-state index contributed by atoms with van der Waals surface area (Å²) in [5.41, 5.74) is 5.15. The molecule has 13 heteroatoms. The van der Waals surface area contributed by atoms with Crippen molar-refractivity contribution in [2.24, 2.45) is 0 Å². The number of fused-ring (bicyclic) bond motifs is 3. The van der Waals surface area contributed by atoms with Crippen LogP contribution in [0.3, 0.4) is 0 Å². The van der Waals surface area contributed by atoms with Gasteiger partial charge in [0, 0.05) is 61.9 Å². The second-order valence-corrected chi connectivity index (χ2v) is 14.0. The fourth-order valence-electron chi connectivity index (χ4n) is 7.73. The molecule has 12 nitrogen and oxygen atoms in total. The molecule has 0 spiro atoms. The summed E-state index contributed by atoms with van der Waals surface area (Å²) >= 11 is 0. The highest BCUT2D eigenvalue weighted by Crippen LogP contribution is 2.37. The lowest BCUT2D eigenvalue weighted by molar-refractivity contribution is -0.119. The lowest BCUT2D eigenvalue weighted by Crippen LogP contribution is -2.51. The minimum atomic E-state index is -0.803. The Balaban J connectivity index is 0.871. The average Bonchev–Trinajstić information content (AvgIpc) is 3.65. The van der Waals surface area contributed by atoms with Crippen molar-refractivity contribution in [3.63, 3.8) is 0 Å². The summed E-state index contributed by atoms with van der Waals surface area (Å²) < 4.78 is 18.9. The van der Waals surface area contributed by atoms with E-state index in [1.54, 1.807) is 12.5 Å². The van der Waals surface area contributed by atoms with Crippen LogP contribution in [0, 0.1) is 0 Å². The molecule has 4 saturated heterocycles. The van der Waals surface area contributed by atoms with E-state index < -0.39 is 6.17 Å². The van der Waals surface area contributed by atoms with Gasteiger partial charge in [-0.25, -0.2) is 14.4 Å². The lowest BCUT2D eigenvalue weighted by Gasteiger charge is -2.35.